The van der Waals surface area contributed by atoms with Gasteiger partial charge >= 0.3 is 0 Å². The molecule has 1 saturated carbocycles. The molecule has 2 amide bonds. The molecule has 0 aromatic heterocycles. The molecule has 3 rings (SSSR count). The summed E-state index contributed by atoms with van der Waals surface area (Å²) in [5, 5.41) is 2.99. The second-order valence-electron chi connectivity index (χ2n) is 7.21. The number of benzene rings is 1. The second kappa shape index (κ2) is 8.00. The molecule has 1 fully saturated rings. The van der Waals surface area contributed by atoms with Gasteiger partial charge in [-0.15, -0.1) is 0 Å². The number of amides is 2. The third kappa shape index (κ3) is 3.87. The van der Waals surface area contributed by atoms with Crippen LogP contribution < -0.4 is 5.32 Å². The highest BCUT2D eigenvalue weighted by Crippen LogP contribution is 2.41. The fraction of sp³-hybridized carbons (Fsp3) is 0.600. The number of rotatable bonds is 7. The first-order valence-corrected chi connectivity index (χ1v) is 9.32. The first-order valence-electron chi connectivity index (χ1n) is 9.32. The van der Waals surface area contributed by atoms with Crippen LogP contribution in [0, 0.1) is 0 Å². The largest absolute Gasteiger partial charge is 0.385 e. The van der Waals surface area contributed by atoms with Gasteiger partial charge in [-0.2, -0.15) is 0 Å². The Morgan fingerprint density at radius 2 is 2.00 bits per heavy atom. The van der Waals surface area contributed by atoms with Gasteiger partial charge in [0.25, 0.3) is 5.91 Å². The fourth-order valence-electron chi connectivity index (χ4n) is 4.20. The van der Waals surface area contributed by atoms with Crippen molar-refractivity contribution < 1.29 is 14.3 Å². The number of carbonyl (C=O) groups is 2. The molecule has 0 radical (unpaired) electrons. The Hall–Kier alpha value is -1.88. The Morgan fingerprint density at radius 3 is 2.72 bits per heavy atom. The average molecular weight is 344 g/mol. The Bertz CT molecular complexity index is 623. The van der Waals surface area contributed by atoms with Crippen molar-refractivity contribution in [2.24, 2.45) is 0 Å². The molecule has 1 aromatic carbocycles. The Balaban J connectivity index is 1.71. The summed E-state index contributed by atoms with van der Waals surface area (Å²) in [5.74, 6) is 0.131. The van der Waals surface area contributed by atoms with Crippen LogP contribution >= 0.6 is 0 Å². The quantitative estimate of drug-likeness (QED) is 0.774. The van der Waals surface area contributed by atoms with Crippen LogP contribution in [-0.2, 0) is 16.1 Å². The van der Waals surface area contributed by atoms with E-state index < -0.39 is 0 Å². The molecule has 1 heterocycles. The zero-order chi connectivity index (χ0) is 17.7. The summed E-state index contributed by atoms with van der Waals surface area (Å²) in [5.41, 5.74) is 1.55. The van der Waals surface area contributed by atoms with Crippen LogP contribution in [0.15, 0.2) is 24.3 Å². The molecule has 2 aliphatic rings. The van der Waals surface area contributed by atoms with E-state index in [0.717, 1.165) is 43.2 Å². The topological polar surface area (TPSA) is 58.6 Å². The molecule has 0 spiro atoms. The van der Waals surface area contributed by atoms with Crippen molar-refractivity contribution in [3.63, 3.8) is 0 Å². The molecule has 1 aliphatic carbocycles. The molecule has 5 nitrogen and oxygen atoms in total. The van der Waals surface area contributed by atoms with Crippen molar-refractivity contribution >= 4 is 11.8 Å². The molecule has 25 heavy (non-hydrogen) atoms. The Kier molecular flexibility index (Phi) is 5.74. The number of methoxy groups -OCH3 is 1. The summed E-state index contributed by atoms with van der Waals surface area (Å²) in [6.45, 7) is 1.90. The highest BCUT2D eigenvalue weighted by molar-refractivity contribution is 5.99. The van der Waals surface area contributed by atoms with Gasteiger partial charge in [0.2, 0.25) is 5.91 Å². The average Bonchev–Trinajstić information content (AvgIpc) is 2.97. The maximum atomic E-state index is 13.0. The molecule has 0 atom stereocenters. The minimum Gasteiger partial charge on any atom is -0.385 e. The maximum absolute atomic E-state index is 13.0. The highest BCUT2D eigenvalue weighted by atomic mass is 16.5. The van der Waals surface area contributed by atoms with Gasteiger partial charge in [0, 0.05) is 38.8 Å². The van der Waals surface area contributed by atoms with Gasteiger partial charge in [0.15, 0.2) is 0 Å². The zero-order valence-corrected chi connectivity index (χ0v) is 15.1. The van der Waals surface area contributed by atoms with E-state index in [9.17, 15) is 9.59 Å². The molecule has 0 bridgehead atoms. The van der Waals surface area contributed by atoms with Crippen LogP contribution in [0.4, 0.5) is 0 Å². The van der Waals surface area contributed by atoms with E-state index in [2.05, 4.69) is 5.32 Å². The SMILES string of the molecule is COCCCNC(=O)CC1(N2Cc3ccccc3C2=O)CCCCC1. The van der Waals surface area contributed by atoms with E-state index in [0.29, 0.717) is 26.1 Å². The predicted molar refractivity (Wildman–Crippen MR) is 96.3 cm³/mol. The number of hydrogen-bond donors (Lipinski definition) is 1. The van der Waals surface area contributed by atoms with Gasteiger partial charge < -0.3 is 15.0 Å². The minimum atomic E-state index is -0.334. The van der Waals surface area contributed by atoms with E-state index in [4.69, 9.17) is 4.74 Å². The Labute approximate surface area is 149 Å². The molecule has 1 N–H and O–H groups in total. The standard InChI is InChI=1S/C20H28N2O3/c1-25-13-7-12-21-18(23)14-20(10-5-2-6-11-20)22-15-16-8-3-4-9-17(16)19(22)24/h3-4,8-9H,2,5-7,10-15H2,1H3,(H,21,23). The molecular formula is C20H28N2O3. The van der Waals surface area contributed by atoms with Gasteiger partial charge in [-0.05, 0) is 30.9 Å². The number of ether oxygens (including phenoxy) is 1. The summed E-state index contributed by atoms with van der Waals surface area (Å²) in [6.07, 6.45) is 6.39. The summed E-state index contributed by atoms with van der Waals surface area (Å²) in [6, 6.07) is 7.82. The summed E-state index contributed by atoms with van der Waals surface area (Å²) in [7, 11) is 1.66. The molecule has 5 heteroatoms. The summed E-state index contributed by atoms with van der Waals surface area (Å²) < 4.78 is 5.02. The molecular weight excluding hydrogens is 316 g/mol. The van der Waals surface area contributed by atoms with Crippen molar-refractivity contribution in [3.8, 4) is 0 Å². The van der Waals surface area contributed by atoms with E-state index in [1.54, 1.807) is 7.11 Å². The van der Waals surface area contributed by atoms with Crippen LogP contribution in [-0.4, -0.2) is 42.5 Å². The summed E-state index contributed by atoms with van der Waals surface area (Å²) >= 11 is 0. The van der Waals surface area contributed by atoms with Crippen molar-refractivity contribution in [2.45, 2.75) is 57.0 Å². The third-order valence-electron chi connectivity index (χ3n) is 5.52. The van der Waals surface area contributed by atoms with Crippen LogP contribution in [0.1, 0.15) is 60.9 Å². The lowest BCUT2D eigenvalue weighted by atomic mass is 9.77. The maximum Gasteiger partial charge on any atom is 0.254 e. The van der Waals surface area contributed by atoms with Crippen LogP contribution in [0.5, 0.6) is 0 Å². The summed E-state index contributed by atoms with van der Waals surface area (Å²) in [4.78, 5) is 27.5. The van der Waals surface area contributed by atoms with Gasteiger partial charge in [0.1, 0.15) is 0 Å². The molecule has 1 aromatic rings. The molecule has 136 valence electrons. The number of hydrogen-bond acceptors (Lipinski definition) is 3. The van der Waals surface area contributed by atoms with Crippen molar-refractivity contribution in [2.75, 3.05) is 20.3 Å². The fourth-order valence-corrected chi connectivity index (χ4v) is 4.20. The van der Waals surface area contributed by atoms with Gasteiger partial charge in [-0.3, -0.25) is 9.59 Å². The first-order chi connectivity index (χ1) is 12.2. The number of fused-ring (bicyclic) bond motifs is 1. The van der Waals surface area contributed by atoms with E-state index in [1.807, 2.05) is 29.2 Å². The van der Waals surface area contributed by atoms with E-state index in [1.165, 1.54) is 6.42 Å². The predicted octanol–water partition coefficient (Wildman–Crippen LogP) is 2.89. The van der Waals surface area contributed by atoms with Gasteiger partial charge in [-0.1, -0.05) is 37.5 Å². The Morgan fingerprint density at radius 1 is 1.24 bits per heavy atom. The lowest BCUT2D eigenvalue weighted by molar-refractivity contribution is -0.124. The van der Waals surface area contributed by atoms with Crippen LogP contribution in [0.3, 0.4) is 0 Å². The third-order valence-corrected chi connectivity index (χ3v) is 5.52. The molecule has 1 aliphatic heterocycles. The smallest absolute Gasteiger partial charge is 0.254 e. The number of nitrogens with one attached hydrogen (secondary N) is 1. The zero-order valence-electron chi connectivity index (χ0n) is 15.1. The van der Waals surface area contributed by atoms with E-state index >= 15 is 0 Å². The normalized spacial score (nSPS) is 18.9. The monoisotopic (exact) mass is 344 g/mol. The van der Waals surface area contributed by atoms with Gasteiger partial charge in [0.05, 0.1) is 5.54 Å². The van der Waals surface area contributed by atoms with Crippen molar-refractivity contribution in [1.82, 2.24) is 10.2 Å². The first kappa shape index (κ1) is 17.9. The van der Waals surface area contributed by atoms with Crippen molar-refractivity contribution in [1.29, 1.82) is 0 Å². The second-order valence-corrected chi connectivity index (χ2v) is 7.21. The lowest BCUT2D eigenvalue weighted by Crippen LogP contribution is -2.52. The van der Waals surface area contributed by atoms with E-state index in [-0.39, 0.29) is 17.4 Å². The molecule has 0 unspecified atom stereocenters. The van der Waals surface area contributed by atoms with Crippen LogP contribution in [0.2, 0.25) is 0 Å². The minimum absolute atomic E-state index is 0.0433. The number of carbonyl (C=O) groups excluding carboxylic acids is 2. The highest BCUT2D eigenvalue weighted by Gasteiger charge is 2.45. The van der Waals surface area contributed by atoms with Crippen molar-refractivity contribution in [3.05, 3.63) is 35.4 Å². The lowest BCUT2D eigenvalue weighted by Gasteiger charge is -2.44. The number of nitrogens with zero attached hydrogens (tertiary/aromatic N) is 1. The molecule has 0 saturated heterocycles. The van der Waals surface area contributed by atoms with Crippen LogP contribution in [0.25, 0.3) is 0 Å². The van der Waals surface area contributed by atoms with Gasteiger partial charge in [-0.25, -0.2) is 0 Å².